The number of carbonyl (C=O) groups excluding carboxylic acids is 2. The van der Waals surface area contributed by atoms with Gasteiger partial charge in [-0.15, -0.1) is 0 Å². The zero-order chi connectivity index (χ0) is 25.7. The van der Waals surface area contributed by atoms with Crippen LogP contribution in [0, 0.1) is 17.5 Å². The van der Waals surface area contributed by atoms with E-state index in [0.717, 1.165) is 13.2 Å². The summed E-state index contributed by atoms with van der Waals surface area (Å²) in [6.45, 7) is 1.62. The molecule has 11 heteroatoms. The molecule has 35 heavy (non-hydrogen) atoms. The van der Waals surface area contributed by atoms with E-state index >= 15 is 0 Å². The molecule has 3 rings (SSSR count). The molecule has 0 unspecified atom stereocenters. The molecule has 182 valence electrons. The second kappa shape index (κ2) is 10.6. The van der Waals surface area contributed by atoms with Gasteiger partial charge in [-0.2, -0.15) is 4.39 Å². The Morgan fingerprint density at radius 1 is 0.943 bits per heavy atom. The summed E-state index contributed by atoms with van der Waals surface area (Å²) in [5.74, 6) is -8.86. The van der Waals surface area contributed by atoms with Crippen molar-refractivity contribution in [1.82, 2.24) is 0 Å². The second-order valence-electron chi connectivity index (χ2n) is 6.85. The van der Waals surface area contributed by atoms with E-state index in [4.69, 9.17) is 9.47 Å². The number of ether oxygens (including phenoxy) is 3. The predicted molar refractivity (Wildman–Crippen MR) is 117 cm³/mol. The minimum atomic E-state index is -1.58. The zero-order valence-corrected chi connectivity index (χ0v) is 18.4. The van der Waals surface area contributed by atoms with Crippen molar-refractivity contribution < 1.29 is 46.9 Å². The molecule has 0 aliphatic carbocycles. The molecule has 2 N–H and O–H groups in total. The topological polar surface area (TPSA) is 111 Å². The molecule has 0 saturated carbocycles. The summed E-state index contributed by atoms with van der Waals surface area (Å²) < 4.78 is 57.0. The Balaban J connectivity index is 1.92. The zero-order valence-electron chi connectivity index (χ0n) is 18.4. The van der Waals surface area contributed by atoms with Gasteiger partial charge >= 0.3 is 11.9 Å². The number of amides is 1. The highest BCUT2D eigenvalue weighted by Gasteiger charge is 2.24. The summed E-state index contributed by atoms with van der Waals surface area (Å²) in [5.41, 5.74) is -1.37. The van der Waals surface area contributed by atoms with Crippen LogP contribution >= 0.6 is 0 Å². The summed E-state index contributed by atoms with van der Waals surface area (Å²) in [5, 5.41) is 11.8. The average molecular weight is 489 g/mol. The normalized spacial score (nSPS) is 10.4. The van der Waals surface area contributed by atoms with Crippen LogP contribution in [-0.2, 0) is 4.74 Å². The molecule has 3 aromatic carbocycles. The summed E-state index contributed by atoms with van der Waals surface area (Å²) in [6.07, 6.45) is 0. The highest BCUT2D eigenvalue weighted by Crippen LogP contribution is 2.32. The number of nitrogens with one attached hydrogen (secondary N) is 1. The number of carboxylic acid groups (broad SMARTS) is 1. The first kappa shape index (κ1) is 25.1. The minimum Gasteiger partial charge on any atom is -0.491 e. The van der Waals surface area contributed by atoms with Crippen LogP contribution in [0.25, 0.3) is 0 Å². The van der Waals surface area contributed by atoms with Crippen molar-refractivity contribution in [2.45, 2.75) is 6.92 Å². The van der Waals surface area contributed by atoms with Crippen LogP contribution in [-0.4, -0.2) is 36.7 Å². The SMILES string of the molecule is CCOC(=O)c1ccc(Oc2ccccc2NC(=O)c2cc(F)c(F)c(OC)c2F)cc1C(=O)O. The fourth-order valence-corrected chi connectivity index (χ4v) is 3.05. The molecule has 8 nitrogen and oxygen atoms in total. The molecule has 0 aliphatic rings. The lowest BCUT2D eigenvalue weighted by molar-refractivity contribution is 0.0514. The molecule has 1 amide bonds. The van der Waals surface area contributed by atoms with Gasteiger partial charge in [0.15, 0.2) is 23.1 Å². The third-order valence-corrected chi connectivity index (χ3v) is 4.64. The molecular formula is C24H18F3NO7. The lowest BCUT2D eigenvalue weighted by Crippen LogP contribution is -2.16. The van der Waals surface area contributed by atoms with E-state index in [9.17, 15) is 32.7 Å². The smallest absolute Gasteiger partial charge is 0.339 e. The molecule has 0 bridgehead atoms. The Hall–Kier alpha value is -4.54. The van der Waals surface area contributed by atoms with E-state index in [-0.39, 0.29) is 34.9 Å². The highest BCUT2D eigenvalue weighted by atomic mass is 19.2. The van der Waals surface area contributed by atoms with Crippen LogP contribution in [0.15, 0.2) is 48.5 Å². The number of benzene rings is 3. The fraction of sp³-hybridized carbons (Fsp3) is 0.125. The number of carbonyl (C=O) groups is 3. The van der Waals surface area contributed by atoms with Crippen LogP contribution < -0.4 is 14.8 Å². The van der Waals surface area contributed by atoms with Crippen LogP contribution in [0.1, 0.15) is 38.0 Å². The molecule has 0 heterocycles. The van der Waals surface area contributed by atoms with E-state index < -0.39 is 46.6 Å². The van der Waals surface area contributed by atoms with Gasteiger partial charge < -0.3 is 24.6 Å². The van der Waals surface area contributed by atoms with Crippen LogP contribution in [0.3, 0.4) is 0 Å². The van der Waals surface area contributed by atoms with Gasteiger partial charge in [0, 0.05) is 0 Å². The molecule has 0 aliphatic heterocycles. The maximum atomic E-state index is 14.5. The number of para-hydroxylation sites is 2. The number of hydrogen-bond donors (Lipinski definition) is 2. The molecule has 0 radical (unpaired) electrons. The number of methoxy groups -OCH3 is 1. The van der Waals surface area contributed by atoms with Crippen molar-refractivity contribution >= 4 is 23.5 Å². The van der Waals surface area contributed by atoms with Crippen molar-refractivity contribution in [3.8, 4) is 17.2 Å². The number of carboxylic acids is 1. The highest BCUT2D eigenvalue weighted by molar-refractivity contribution is 6.05. The maximum Gasteiger partial charge on any atom is 0.339 e. The lowest BCUT2D eigenvalue weighted by Gasteiger charge is -2.14. The van der Waals surface area contributed by atoms with Gasteiger partial charge in [0.25, 0.3) is 5.91 Å². The first-order chi connectivity index (χ1) is 16.7. The first-order valence-corrected chi connectivity index (χ1v) is 10.0. The Kier molecular flexibility index (Phi) is 7.59. The van der Waals surface area contributed by atoms with Gasteiger partial charge in [-0.05, 0) is 43.3 Å². The summed E-state index contributed by atoms with van der Waals surface area (Å²) in [6, 6.07) is 9.85. The van der Waals surface area contributed by atoms with Crippen LogP contribution in [0.5, 0.6) is 17.2 Å². The van der Waals surface area contributed by atoms with Gasteiger partial charge in [0.1, 0.15) is 5.75 Å². The first-order valence-electron chi connectivity index (χ1n) is 10.0. The number of halogens is 3. The molecule has 0 atom stereocenters. The van der Waals surface area contributed by atoms with Crippen LogP contribution in [0.4, 0.5) is 18.9 Å². The number of anilines is 1. The number of esters is 1. The van der Waals surface area contributed by atoms with Gasteiger partial charge in [0.2, 0.25) is 5.82 Å². The third kappa shape index (κ3) is 5.35. The number of rotatable bonds is 8. The van der Waals surface area contributed by atoms with Gasteiger partial charge in [-0.3, -0.25) is 4.79 Å². The van der Waals surface area contributed by atoms with E-state index in [1.54, 1.807) is 6.92 Å². The van der Waals surface area contributed by atoms with Crippen molar-refractivity contribution in [3.05, 3.63) is 82.7 Å². The molecular weight excluding hydrogens is 471 g/mol. The molecule has 0 fully saturated rings. The van der Waals surface area contributed by atoms with E-state index in [0.29, 0.717) is 6.07 Å². The van der Waals surface area contributed by atoms with Crippen molar-refractivity contribution in [1.29, 1.82) is 0 Å². The average Bonchev–Trinajstić information content (AvgIpc) is 2.83. The van der Waals surface area contributed by atoms with Crippen LogP contribution in [0.2, 0.25) is 0 Å². The van der Waals surface area contributed by atoms with Gasteiger partial charge in [-0.25, -0.2) is 18.4 Å². The molecule has 0 spiro atoms. The van der Waals surface area contributed by atoms with E-state index in [1.807, 2.05) is 0 Å². The Labute approximate surface area is 196 Å². The summed E-state index contributed by atoms with van der Waals surface area (Å²) in [4.78, 5) is 36.2. The van der Waals surface area contributed by atoms with Crippen molar-refractivity contribution in [3.63, 3.8) is 0 Å². The van der Waals surface area contributed by atoms with Crippen molar-refractivity contribution in [2.75, 3.05) is 19.0 Å². The van der Waals surface area contributed by atoms with E-state index in [1.165, 1.54) is 36.4 Å². The largest absolute Gasteiger partial charge is 0.491 e. The molecule has 3 aromatic rings. The standard InChI is InChI=1S/C24H18F3NO7/c1-3-34-24(32)13-9-8-12(10-14(13)23(30)31)35-18-7-5-4-6-17(18)28-22(29)15-11-16(25)20(27)21(33-2)19(15)26/h4-11H,3H2,1-2H3,(H,28,29)(H,30,31). The quantitative estimate of drug-likeness (QED) is 0.337. The Morgan fingerprint density at radius 2 is 1.66 bits per heavy atom. The summed E-state index contributed by atoms with van der Waals surface area (Å²) in [7, 11) is 0.921. The summed E-state index contributed by atoms with van der Waals surface area (Å²) >= 11 is 0. The Bertz CT molecular complexity index is 1310. The van der Waals surface area contributed by atoms with E-state index in [2.05, 4.69) is 10.1 Å². The van der Waals surface area contributed by atoms with Crippen molar-refractivity contribution in [2.24, 2.45) is 0 Å². The molecule has 0 saturated heterocycles. The number of hydrogen-bond acceptors (Lipinski definition) is 6. The second-order valence-corrected chi connectivity index (χ2v) is 6.85. The third-order valence-electron chi connectivity index (χ3n) is 4.64. The fourth-order valence-electron chi connectivity index (χ4n) is 3.05. The monoisotopic (exact) mass is 489 g/mol. The minimum absolute atomic E-state index is 0.00201. The maximum absolute atomic E-state index is 14.5. The lowest BCUT2D eigenvalue weighted by atomic mass is 10.1. The Morgan fingerprint density at radius 3 is 2.31 bits per heavy atom. The van der Waals surface area contributed by atoms with Gasteiger partial charge in [0.05, 0.1) is 36.1 Å². The predicted octanol–water partition coefficient (Wildman–Crippen LogP) is 5.03. The number of aromatic carboxylic acids is 1. The van der Waals surface area contributed by atoms with Gasteiger partial charge in [-0.1, -0.05) is 12.1 Å². The molecule has 0 aromatic heterocycles.